The Morgan fingerprint density at radius 3 is 2.70 bits per heavy atom. The van der Waals surface area contributed by atoms with Gasteiger partial charge >= 0.3 is 0 Å². The van der Waals surface area contributed by atoms with Gasteiger partial charge in [0.2, 0.25) is 5.91 Å². The van der Waals surface area contributed by atoms with Crippen LogP contribution in [0.1, 0.15) is 5.56 Å². The summed E-state index contributed by atoms with van der Waals surface area (Å²) < 4.78 is 0. The van der Waals surface area contributed by atoms with Crippen LogP contribution in [0.5, 0.6) is 0 Å². The highest BCUT2D eigenvalue weighted by Gasteiger charge is 2.24. The van der Waals surface area contributed by atoms with Gasteiger partial charge in [0, 0.05) is 36.1 Å². The lowest BCUT2D eigenvalue weighted by Crippen LogP contribution is -2.47. The predicted molar refractivity (Wildman–Crippen MR) is 104 cm³/mol. The van der Waals surface area contributed by atoms with Crippen molar-refractivity contribution in [1.82, 2.24) is 15.2 Å². The quantitative estimate of drug-likeness (QED) is 0.533. The van der Waals surface area contributed by atoms with Gasteiger partial charge in [0.15, 0.2) is 0 Å². The largest absolute Gasteiger partial charge is 0.354 e. The Bertz CT molecular complexity index is 1030. The van der Waals surface area contributed by atoms with Gasteiger partial charge in [-0.2, -0.15) is 0 Å². The summed E-state index contributed by atoms with van der Waals surface area (Å²) in [4.78, 5) is 28.1. The van der Waals surface area contributed by atoms with Gasteiger partial charge in [0.05, 0.1) is 17.2 Å². The number of nitro benzene ring substituents is 1. The van der Waals surface area contributed by atoms with Crippen LogP contribution in [0.4, 0.5) is 5.69 Å². The van der Waals surface area contributed by atoms with E-state index in [2.05, 4.69) is 10.3 Å². The van der Waals surface area contributed by atoms with Crippen LogP contribution in [0.15, 0.2) is 42.5 Å². The first kappa shape index (κ1) is 17.5. The molecule has 2 aromatic carbocycles. The van der Waals surface area contributed by atoms with Crippen LogP contribution in [0.25, 0.3) is 22.2 Å². The smallest absolute Gasteiger partial charge is 0.294 e. The molecule has 1 amide bonds. The number of nitrogens with one attached hydrogen (secondary N) is 2. The number of nitro groups is 1. The van der Waals surface area contributed by atoms with Crippen molar-refractivity contribution in [2.24, 2.45) is 0 Å². The molecule has 0 saturated carbocycles. The van der Waals surface area contributed by atoms with E-state index in [0.717, 1.165) is 23.4 Å². The average Bonchev–Trinajstić information content (AvgIpc) is 3.00. The number of nitrogens with zero attached hydrogens (tertiary/aromatic N) is 2. The van der Waals surface area contributed by atoms with E-state index < -0.39 is 4.92 Å². The first-order valence-electron chi connectivity index (χ1n) is 8.56. The molecule has 1 saturated heterocycles. The van der Waals surface area contributed by atoms with E-state index in [1.807, 2.05) is 35.2 Å². The molecular weight excluding hydrogens is 368 g/mol. The van der Waals surface area contributed by atoms with Crippen molar-refractivity contribution < 1.29 is 9.72 Å². The molecule has 138 valence electrons. The van der Waals surface area contributed by atoms with Crippen LogP contribution in [0.2, 0.25) is 5.02 Å². The molecule has 7 nitrogen and oxygen atoms in total. The molecule has 0 spiro atoms. The van der Waals surface area contributed by atoms with Gasteiger partial charge in [0.25, 0.3) is 5.69 Å². The van der Waals surface area contributed by atoms with E-state index >= 15 is 0 Å². The van der Waals surface area contributed by atoms with E-state index in [0.29, 0.717) is 35.6 Å². The number of aromatic nitrogens is 1. The Hall–Kier alpha value is -2.90. The summed E-state index contributed by atoms with van der Waals surface area (Å²) in [5.74, 6) is -0.0219. The summed E-state index contributed by atoms with van der Waals surface area (Å²) in [5, 5.41) is 15.3. The number of H-pyrrole nitrogens is 1. The molecule has 4 rings (SSSR count). The third-order valence-electron chi connectivity index (χ3n) is 4.72. The van der Waals surface area contributed by atoms with Crippen LogP contribution >= 0.6 is 11.6 Å². The zero-order valence-electron chi connectivity index (χ0n) is 14.4. The fourth-order valence-corrected chi connectivity index (χ4v) is 3.72. The third kappa shape index (κ3) is 3.39. The highest BCUT2D eigenvalue weighted by Crippen LogP contribution is 2.37. The molecule has 1 aromatic heterocycles. The lowest BCUT2D eigenvalue weighted by molar-refractivity contribution is -0.383. The Kier molecular flexibility index (Phi) is 4.55. The minimum atomic E-state index is -0.433. The standard InChI is InChI=1S/C19H17ClN4O3/c20-13-8-14-15(10-23-7-6-21-17(25)11-23)18(12-4-2-1-3-5-12)22-19(14)16(9-13)24(26)27/h1-5,8-9,22H,6-7,10-11H2,(H,21,25). The number of carbonyl (C=O) groups excluding carboxylic acids is 1. The number of non-ortho nitro benzene ring substituents is 1. The second-order valence-electron chi connectivity index (χ2n) is 6.51. The predicted octanol–water partition coefficient (Wildman–Crippen LogP) is 3.33. The van der Waals surface area contributed by atoms with E-state index in [4.69, 9.17) is 11.6 Å². The number of piperazine rings is 1. The highest BCUT2D eigenvalue weighted by atomic mass is 35.5. The van der Waals surface area contributed by atoms with Crippen LogP contribution in [0, 0.1) is 10.1 Å². The molecular formula is C19H17ClN4O3. The minimum absolute atomic E-state index is 0.0219. The Balaban J connectivity index is 1.90. The van der Waals surface area contributed by atoms with Crippen LogP contribution in [0.3, 0.4) is 0 Å². The highest BCUT2D eigenvalue weighted by molar-refractivity contribution is 6.31. The SMILES string of the molecule is O=C1CN(Cc2c(-c3ccccc3)[nH]c3c([N+](=O)[O-])cc(Cl)cc23)CCN1. The number of carbonyl (C=O) groups is 1. The maximum Gasteiger partial charge on any atom is 0.294 e. The van der Waals surface area contributed by atoms with Gasteiger partial charge in [0.1, 0.15) is 5.52 Å². The number of hydrogen-bond donors (Lipinski definition) is 2. The molecule has 8 heteroatoms. The van der Waals surface area contributed by atoms with E-state index in [9.17, 15) is 14.9 Å². The van der Waals surface area contributed by atoms with Crippen LogP contribution < -0.4 is 5.32 Å². The third-order valence-corrected chi connectivity index (χ3v) is 4.94. The number of halogens is 1. The van der Waals surface area contributed by atoms with E-state index in [1.54, 1.807) is 6.07 Å². The van der Waals surface area contributed by atoms with Gasteiger partial charge in [-0.3, -0.25) is 19.8 Å². The molecule has 1 aliphatic heterocycles. The normalized spacial score (nSPS) is 15.1. The molecule has 2 N–H and O–H groups in total. The molecule has 0 bridgehead atoms. The van der Waals surface area contributed by atoms with Crippen molar-refractivity contribution >= 4 is 34.1 Å². The first-order chi connectivity index (χ1) is 13.0. The number of rotatable bonds is 4. The number of fused-ring (bicyclic) bond motifs is 1. The van der Waals surface area contributed by atoms with E-state index in [-0.39, 0.29) is 11.6 Å². The van der Waals surface area contributed by atoms with Gasteiger partial charge < -0.3 is 10.3 Å². The summed E-state index contributed by atoms with van der Waals surface area (Å²) in [6.07, 6.45) is 0. The Labute approximate surface area is 160 Å². The van der Waals surface area contributed by atoms with Gasteiger partial charge in [-0.05, 0) is 17.2 Å². The zero-order valence-corrected chi connectivity index (χ0v) is 15.1. The second-order valence-corrected chi connectivity index (χ2v) is 6.95. The van der Waals surface area contributed by atoms with Gasteiger partial charge in [-0.1, -0.05) is 41.9 Å². The van der Waals surface area contributed by atoms with Crippen molar-refractivity contribution in [3.8, 4) is 11.3 Å². The molecule has 0 atom stereocenters. The van der Waals surface area contributed by atoms with Gasteiger partial charge in [-0.25, -0.2) is 0 Å². The summed E-state index contributed by atoms with van der Waals surface area (Å²) >= 11 is 6.17. The van der Waals surface area contributed by atoms with Crippen molar-refractivity contribution in [3.63, 3.8) is 0 Å². The number of hydrogen-bond acceptors (Lipinski definition) is 4. The Morgan fingerprint density at radius 1 is 1.22 bits per heavy atom. The van der Waals surface area contributed by atoms with Crippen molar-refractivity contribution in [2.45, 2.75) is 6.54 Å². The number of aromatic amines is 1. The van der Waals surface area contributed by atoms with E-state index in [1.165, 1.54) is 6.07 Å². The zero-order chi connectivity index (χ0) is 19.0. The minimum Gasteiger partial charge on any atom is -0.354 e. The monoisotopic (exact) mass is 384 g/mol. The molecule has 3 aromatic rings. The maximum atomic E-state index is 11.7. The van der Waals surface area contributed by atoms with Crippen molar-refractivity contribution in [3.05, 3.63) is 63.2 Å². The lowest BCUT2D eigenvalue weighted by Gasteiger charge is -2.26. The second kappa shape index (κ2) is 7.02. The summed E-state index contributed by atoms with van der Waals surface area (Å²) in [5.41, 5.74) is 3.02. The average molecular weight is 385 g/mol. The molecule has 0 unspecified atom stereocenters. The van der Waals surface area contributed by atoms with Crippen molar-refractivity contribution in [2.75, 3.05) is 19.6 Å². The van der Waals surface area contributed by atoms with Gasteiger partial charge in [-0.15, -0.1) is 0 Å². The maximum absolute atomic E-state index is 11.7. The lowest BCUT2D eigenvalue weighted by atomic mass is 10.0. The molecule has 2 heterocycles. The summed E-state index contributed by atoms with van der Waals surface area (Å²) in [7, 11) is 0. The summed E-state index contributed by atoms with van der Waals surface area (Å²) in [6.45, 7) is 2.09. The Morgan fingerprint density at radius 2 is 2.00 bits per heavy atom. The molecule has 0 aliphatic carbocycles. The van der Waals surface area contributed by atoms with Crippen LogP contribution in [-0.2, 0) is 11.3 Å². The summed E-state index contributed by atoms with van der Waals surface area (Å²) in [6, 6.07) is 12.7. The fourth-order valence-electron chi connectivity index (χ4n) is 3.51. The molecule has 1 fully saturated rings. The van der Waals surface area contributed by atoms with Crippen LogP contribution in [-0.4, -0.2) is 40.3 Å². The topological polar surface area (TPSA) is 91.3 Å². The molecule has 1 aliphatic rings. The first-order valence-corrected chi connectivity index (χ1v) is 8.93. The van der Waals surface area contributed by atoms with Crippen molar-refractivity contribution in [1.29, 1.82) is 0 Å². The molecule has 27 heavy (non-hydrogen) atoms. The molecule has 0 radical (unpaired) electrons. The number of amides is 1. The number of benzene rings is 2. The fraction of sp³-hybridized carbons (Fsp3) is 0.211.